The van der Waals surface area contributed by atoms with Gasteiger partial charge in [0.25, 0.3) is 5.91 Å². The number of benzene rings is 2. The van der Waals surface area contributed by atoms with Gasteiger partial charge >= 0.3 is 0 Å². The minimum atomic E-state index is -0.158. The summed E-state index contributed by atoms with van der Waals surface area (Å²) in [5, 5.41) is 3.43. The van der Waals surface area contributed by atoms with Crippen LogP contribution >= 0.6 is 39.3 Å². The Morgan fingerprint density at radius 2 is 1.89 bits per heavy atom. The SMILES string of the molecule is CSc1ccc(NC(=O)c2ccc(Cl)c(Br)c2)cc1. The zero-order valence-electron chi connectivity index (χ0n) is 10.1. The van der Waals surface area contributed by atoms with Crippen LogP contribution in [-0.2, 0) is 0 Å². The second kappa shape index (κ2) is 6.46. The number of anilines is 1. The molecule has 2 aromatic rings. The first-order chi connectivity index (χ1) is 9.10. The number of amides is 1. The van der Waals surface area contributed by atoms with Gasteiger partial charge in [-0.3, -0.25) is 4.79 Å². The Labute approximate surface area is 129 Å². The Balaban J connectivity index is 2.13. The maximum absolute atomic E-state index is 12.1. The van der Waals surface area contributed by atoms with E-state index in [0.717, 1.165) is 10.6 Å². The fourth-order valence-electron chi connectivity index (χ4n) is 1.51. The van der Waals surface area contributed by atoms with E-state index < -0.39 is 0 Å². The number of halogens is 2. The van der Waals surface area contributed by atoms with Crippen molar-refractivity contribution in [3.8, 4) is 0 Å². The van der Waals surface area contributed by atoms with Gasteiger partial charge in [0, 0.05) is 20.6 Å². The van der Waals surface area contributed by atoms with Crippen molar-refractivity contribution in [1.82, 2.24) is 0 Å². The third-order valence-electron chi connectivity index (χ3n) is 2.53. The van der Waals surface area contributed by atoms with Gasteiger partial charge in [0.1, 0.15) is 0 Å². The standard InChI is InChI=1S/C14H11BrClNOS/c1-19-11-5-3-10(4-6-11)17-14(18)9-2-7-13(16)12(15)8-9/h2-8H,1H3,(H,17,18). The fourth-order valence-corrected chi connectivity index (χ4v) is 2.42. The summed E-state index contributed by atoms with van der Waals surface area (Å²) in [5.74, 6) is -0.158. The van der Waals surface area contributed by atoms with Crippen LogP contribution in [0.1, 0.15) is 10.4 Å². The van der Waals surface area contributed by atoms with Crippen LogP contribution in [0.25, 0.3) is 0 Å². The van der Waals surface area contributed by atoms with E-state index in [1.807, 2.05) is 30.5 Å². The largest absolute Gasteiger partial charge is 0.322 e. The summed E-state index contributed by atoms with van der Waals surface area (Å²) >= 11 is 10.9. The van der Waals surface area contributed by atoms with E-state index in [9.17, 15) is 4.79 Å². The van der Waals surface area contributed by atoms with E-state index in [1.54, 1.807) is 30.0 Å². The zero-order chi connectivity index (χ0) is 13.8. The molecular weight excluding hydrogens is 346 g/mol. The van der Waals surface area contributed by atoms with Gasteiger partial charge in [-0.25, -0.2) is 0 Å². The Morgan fingerprint density at radius 3 is 2.47 bits per heavy atom. The van der Waals surface area contributed by atoms with Crippen molar-refractivity contribution >= 4 is 50.9 Å². The first kappa shape index (κ1) is 14.4. The van der Waals surface area contributed by atoms with Crippen molar-refractivity contribution in [2.45, 2.75) is 4.90 Å². The summed E-state index contributed by atoms with van der Waals surface area (Å²) in [6.45, 7) is 0. The van der Waals surface area contributed by atoms with Crippen LogP contribution in [-0.4, -0.2) is 12.2 Å². The maximum Gasteiger partial charge on any atom is 0.255 e. The number of carbonyl (C=O) groups excluding carboxylic acids is 1. The molecule has 5 heteroatoms. The third-order valence-corrected chi connectivity index (χ3v) is 4.49. The van der Waals surface area contributed by atoms with Crippen LogP contribution in [0, 0.1) is 0 Å². The van der Waals surface area contributed by atoms with Crippen molar-refractivity contribution in [3.05, 3.63) is 57.5 Å². The highest BCUT2D eigenvalue weighted by molar-refractivity contribution is 9.10. The van der Waals surface area contributed by atoms with Gasteiger partial charge in [-0.05, 0) is 64.7 Å². The van der Waals surface area contributed by atoms with Gasteiger partial charge in [0.2, 0.25) is 0 Å². The zero-order valence-corrected chi connectivity index (χ0v) is 13.3. The summed E-state index contributed by atoms with van der Waals surface area (Å²) < 4.78 is 0.708. The average molecular weight is 357 g/mol. The van der Waals surface area contributed by atoms with Crippen LogP contribution in [0.2, 0.25) is 5.02 Å². The van der Waals surface area contributed by atoms with Gasteiger partial charge in [-0.2, -0.15) is 0 Å². The van der Waals surface area contributed by atoms with Gasteiger partial charge in [-0.15, -0.1) is 11.8 Å². The molecule has 0 aromatic heterocycles. The van der Waals surface area contributed by atoms with Crippen LogP contribution in [0.3, 0.4) is 0 Å². The minimum absolute atomic E-state index is 0.158. The molecule has 98 valence electrons. The van der Waals surface area contributed by atoms with Gasteiger partial charge in [-0.1, -0.05) is 11.6 Å². The Bertz CT molecular complexity index is 601. The molecule has 19 heavy (non-hydrogen) atoms. The summed E-state index contributed by atoms with van der Waals surface area (Å²) in [6.07, 6.45) is 2.01. The normalized spacial score (nSPS) is 10.3. The van der Waals surface area contributed by atoms with Gasteiger partial charge in [0.15, 0.2) is 0 Å². The summed E-state index contributed by atoms with van der Waals surface area (Å²) in [6, 6.07) is 12.8. The van der Waals surface area contributed by atoms with E-state index in [1.165, 1.54) is 0 Å². The van der Waals surface area contributed by atoms with Crippen LogP contribution in [0.15, 0.2) is 51.8 Å². The van der Waals surface area contributed by atoms with Gasteiger partial charge < -0.3 is 5.32 Å². The second-order valence-corrected chi connectivity index (χ2v) is 5.95. The van der Waals surface area contributed by atoms with E-state index >= 15 is 0 Å². The Morgan fingerprint density at radius 1 is 1.21 bits per heavy atom. The maximum atomic E-state index is 12.1. The molecule has 0 heterocycles. The highest BCUT2D eigenvalue weighted by Gasteiger charge is 2.08. The molecule has 2 aromatic carbocycles. The molecule has 0 unspecified atom stereocenters. The molecule has 0 saturated carbocycles. The molecule has 0 atom stereocenters. The number of rotatable bonds is 3. The summed E-state index contributed by atoms with van der Waals surface area (Å²) in [7, 11) is 0. The lowest BCUT2D eigenvalue weighted by molar-refractivity contribution is 0.102. The number of carbonyl (C=O) groups is 1. The lowest BCUT2D eigenvalue weighted by atomic mass is 10.2. The predicted molar refractivity (Wildman–Crippen MR) is 85.3 cm³/mol. The Kier molecular flexibility index (Phi) is 4.91. The first-order valence-corrected chi connectivity index (χ1v) is 7.90. The van der Waals surface area contributed by atoms with Crippen molar-refractivity contribution < 1.29 is 4.79 Å². The molecule has 0 aliphatic rings. The molecule has 0 aliphatic heterocycles. The molecule has 0 saturated heterocycles. The molecule has 1 amide bonds. The van der Waals surface area contributed by atoms with E-state index in [-0.39, 0.29) is 5.91 Å². The molecule has 0 aliphatic carbocycles. The van der Waals surface area contributed by atoms with Crippen molar-refractivity contribution in [1.29, 1.82) is 0 Å². The van der Waals surface area contributed by atoms with Crippen LogP contribution in [0.4, 0.5) is 5.69 Å². The number of hydrogen-bond donors (Lipinski definition) is 1. The van der Waals surface area contributed by atoms with E-state index in [2.05, 4.69) is 21.2 Å². The number of nitrogens with one attached hydrogen (secondary N) is 1. The predicted octanol–water partition coefficient (Wildman–Crippen LogP) is 5.08. The highest BCUT2D eigenvalue weighted by Crippen LogP contribution is 2.24. The molecule has 0 spiro atoms. The molecule has 2 nitrogen and oxygen atoms in total. The average Bonchev–Trinajstić information content (AvgIpc) is 2.42. The van der Waals surface area contributed by atoms with Crippen molar-refractivity contribution in [2.75, 3.05) is 11.6 Å². The fraction of sp³-hybridized carbons (Fsp3) is 0.0714. The van der Waals surface area contributed by atoms with E-state index in [4.69, 9.17) is 11.6 Å². The molecule has 0 radical (unpaired) electrons. The minimum Gasteiger partial charge on any atom is -0.322 e. The van der Waals surface area contributed by atoms with E-state index in [0.29, 0.717) is 15.1 Å². The van der Waals surface area contributed by atoms with Crippen molar-refractivity contribution in [3.63, 3.8) is 0 Å². The number of hydrogen-bond acceptors (Lipinski definition) is 2. The molecule has 0 bridgehead atoms. The molecule has 2 rings (SSSR count). The topological polar surface area (TPSA) is 29.1 Å². The lowest BCUT2D eigenvalue weighted by Crippen LogP contribution is -2.11. The van der Waals surface area contributed by atoms with Crippen LogP contribution < -0.4 is 5.32 Å². The van der Waals surface area contributed by atoms with Gasteiger partial charge in [0.05, 0.1) is 5.02 Å². The Hall–Kier alpha value is -0.970. The smallest absolute Gasteiger partial charge is 0.255 e. The lowest BCUT2D eigenvalue weighted by Gasteiger charge is -2.06. The second-order valence-electron chi connectivity index (χ2n) is 3.81. The molecular formula is C14H11BrClNOS. The number of thioether (sulfide) groups is 1. The van der Waals surface area contributed by atoms with Crippen molar-refractivity contribution in [2.24, 2.45) is 0 Å². The summed E-state index contributed by atoms with van der Waals surface area (Å²) in [4.78, 5) is 13.2. The first-order valence-electron chi connectivity index (χ1n) is 5.50. The monoisotopic (exact) mass is 355 g/mol. The quantitative estimate of drug-likeness (QED) is 0.777. The van der Waals surface area contributed by atoms with Crippen LogP contribution in [0.5, 0.6) is 0 Å². The molecule has 0 fully saturated rings. The third kappa shape index (κ3) is 3.75. The highest BCUT2D eigenvalue weighted by atomic mass is 79.9. The summed E-state index contributed by atoms with van der Waals surface area (Å²) in [5.41, 5.74) is 1.33. The molecule has 1 N–H and O–H groups in total.